The molecule has 0 radical (unpaired) electrons. The number of rotatable bonds is 4. The van der Waals surface area contributed by atoms with Crippen molar-refractivity contribution in [2.45, 2.75) is 76.7 Å². The molecule has 3 unspecified atom stereocenters. The largest absolute Gasteiger partial charge is 0.338 e. The first-order valence-corrected chi connectivity index (χ1v) is 9.30. The second-order valence-electron chi connectivity index (χ2n) is 7.57. The predicted molar refractivity (Wildman–Crippen MR) is 85.8 cm³/mol. The van der Waals surface area contributed by atoms with E-state index in [-0.39, 0.29) is 0 Å². The maximum absolute atomic E-state index is 13.0. The van der Waals surface area contributed by atoms with Gasteiger partial charge < -0.3 is 10.6 Å². The summed E-state index contributed by atoms with van der Waals surface area (Å²) in [7, 11) is 0. The first-order valence-electron chi connectivity index (χ1n) is 9.30. The molecular weight excluding hydrogens is 260 g/mol. The highest BCUT2D eigenvalue weighted by Crippen LogP contribution is 2.43. The Bertz CT molecular complexity index is 351. The Kier molecular flexibility index (Phi) is 5.20. The minimum atomic E-state index is 0.302. The fraction of sp³-hybridized carbons (Fsp3) is 0.944. The molecule has 2 N–H and O–H groups in total. The van der Waals surface area contributed by atoms with E-state index in [9.17, 15) is 4.79 Å². The summed E-state index contributed by atoms with van der Waals surface area (Å²) < 4.78 is 0. The first-order chi connectivity index (χ1) is 10.3. The van der Waals surface area contributed by atoms with Crippen molar-refractivity contribution in [3.8, 4) is 0 Å². The van der Waals surface area contributed by atoms with Crippen LogP contribution in [0.1, 0.15) is 70.6 Å². The van der Waals surface area contributed by atoms with E-state index in [0.717, 1.165) is 31.2 Å². The lowest BCUT2D eigenvalue weighted by Gasteiger charge is -2.41. The molecule has 3 aliphatic rings. The third-order valence-corrected chi connectivity index (χ3v) is 6.31. The molecule has 3 aliphatic carbocycles. The molecule has 3 nitrogen and oxygen atoms in total. The standard InChI is InChI=1S/C18H32N2O/c19-11-12-20(17-7-3-4-8-17)18(21)16-10-9-14-5-1-2-6-15(14)13-16/h14-17H,1-13,19H2. The Labute approximate surface area is 129 Å². The van der Waals surface area contributed by atoms with Gasteiger partial charge in [-0.1, -0.05) is 38.5 Å². The summed E-state index contributed by atoms with van der Waals surface area (Å²) in [6.45, 7) is 1.38. The van der Waals surface area contributed by atoms with Crippen LogP contribution in [0.5, 0.6) is 0 Å². The van der Waals surface area contributed by atoms with Crippen LogP contribution < -0.4 is 5.73 Å². The van der Waals surface area contributed by atoms with Gasteiger partial charge in [-0.2, -0.15) is 0 Å². The van der Waals surface area contributed by atoms with Gasteiger partial charge in [0, 0.05) is 25.0 Å². The lowest BCUT2D eigenvalue weighted by Crippen LogP contribution is -2.46. The summed E-state index contributed by atoms with van der Waals surface area (Å²) in [4.78, 5) is 15.2. The van der Waals surface area contributed by atoms with Gasteiger partial charge in [-0.05, 0) is 43.9 Å². The number of amides is 1. The maximum atomic E-state index is 13.0. The van der Waals surface area contributed by atoms with Crippen LogP contribution in [0.3, 0.4) is 0 Å². The summed E-state index contributed by atoms with van der Waals surface area (Å²) in [5.74, 6) is 2.51. The molecule has 120 valence electrons. The van der Waals surface area contributed by atoms with Crippen molar-refractivity contribution in [2.75, 3.05) is 13.1 Å². The molecule has 0 heterocycles. The first kappa shape index (κ1) is 15.3. The van der Waals surface area contributed by atoms with E-state index in [4.69, 9.17) is 5.73 Å². The Morgan fingerprint density at radius 3 is 2.29 bits per heavy atom. The summed E-state index contributed by atoms with van der Waals surface area (Å²) >= 11 is 0. The SMILES string of the molecule is NCCN(C(=O)C1CCC2CCCCC2C1)C1CCCC1. The van der Waals surface area contributed by atoms with Crippen LogP contribution in [0.2, 0.25) is 0 Å². The van der Waals surface area contributed by atoms with Crippen molar-refractivity contribution in [2.24, 2.45) is 23.5 Å². The molecule has 0 spiro atoms. The number of carbonyl (C=O) groups is 1. The topological polar surface area (TPSA) is 46.3 Å². The lowest BCUT2D eigenvalue weighted by atomic mass is 9.67. The molecule has 3 saturated carbocycles. The van der Waals surface area contributed by atoms with Crippen molar-refractivity contribution in [3.63, 3.8) is 0 Å². The van der Waals surface area contributed by atoms with Crippen molar-refractivity contribution < 1.29 is 4.79 Å². The van der Waals surface area contributed by atoms with Gasteiger partial charge in [-0.25, -0.2) is 0 Å². The average Bonchev–Trinajstić information content (AvgIpc) is 3.05. The Morgan fingerprint density at radius 1 is 0.905 bits per heavy atom. The van der Waals surface area contributed by atoms with E-state index < -0.39 is 0 Å². The van der Waals surface area contributed by atoms with E-state index in [0.29, 0.717) is 24.4 Å². The second kappa shape index (κ2) is 7.13. The van der Waals surface area contributed by atoms with Gasteiger partial charge in [0.05, 0.1) is 0 Å². The van der Waals surface area contributed by atoms with E-state index in [1.807, 2.05) is 0 Å². The number of nitrogens with two attached hydrogens (primary N) is 1. The van der Waals surface area contributed by atoms with Crippen LogP contribution >= 0.6 is 0 Å². The molecule has 3 atom stereocenters. The quantitative estimate of drug-likeness (QED) is 0.864. The summed E-state index contributed by atoms with van der Waals surface area (Å²) in [6, 6.07) is 0.491. The third-order valence-electron chi connectivity index (χ3n) is 6.31. The Balaban J connectivity index is 1.62. The fourth-order valence-corrected chi connectivity index (χ4v) is 5.16. The summed E-state index contributed by atoms with van der Waals surface area (Å²) in [5.41, 5.74) is 5.78. The smallest absolute Gasteiger partial charge is 0.225 e. The number of hydrogen-bond acceptors (Lipinski definition) is 2. The Morgan fingerprint density at radius 2 is 1.57 bits per heavy atom. The molecule has 0 aromatic heterocycles. The van der Waals surface area contributed by atoms with Gasteiger partial charge in [-0.3, -0.25) is 4.79 Å². The summed E-state index contributed by atoms with van der Waals surface area (Å²) in [6.07, 6.45) is 14.2. The Hall–Kier alpha value is -0.570. The van der Waals surface area contributed by atoms with Crippen LogP contribution in [-0.4, -0.2) is 29.9 Å². The predicted octanol–water partition coefficient (Wildman–Crippen LogP) is 3.32. The van der Waals surface area contributed by atoms with E-state index in [1.54, 1.807) is 0 Å². The molecule has 0 aliphatic heterocycles. The number of fused-ring (bicyclic) bond motifs is 1. The molecular formula is C18H32N2O. The minimum absolute atomic E-state index is 0.302. The fourth-order valence-electron chi connectivity index (χ4n) is 5.16. The zero-order valence-corrected chi connectivity index (χ0v) is 13.4. The van der Waals surface area contributed by atoms with E-state index >= 15 is 0 Å². The van der Waals surface area contributed by atoms with Crippen LogP contribution in [0, 0.1) is 17.8 Å². The molecule has 3 heteroatoms. The second-order valence-corrected chi connectivity index (χ2v) is 7.57. The minimum Gasteiger partial charge on any atom is -0.338 e. The third kappa shape index (κ3) is 3.44. The van der Waals surface area contributed by atoms with E-state index in [2.05, 4.69) is 4.90 Å². The summed E-state index contributed by atoms with van der Waals surface area (Å²) in [5, 5.41) is 0. The molecule has 3 fully saturated rings. The van der Waals surface area contributed by atoms with Crippen LogP contribution in [0.15, 0.2) is 0 Å². The zero-order valence-electron chi connectivity index (χ0n) is 13.4. The van der Waals surface area contributed by atoms with Crippen LogP contribution in [0.25, 0.3) is 0 Å². The highest BCUT2D eigenvalue weighted by atomic mass is 16.2. The van der Waals surface area contributed by atoms with Crippen LogP contribution in [-0.2, 0) is 4.79 Å². The zero-order chi connectivity index (χ0) is 14.7. The van der Waals surface area contributed by atoms with Gasteiger partial charge in [-0.15, -0.1) is 0 Å². The number of carbonyl (C=O) groups excluding carboxylic acids is 1. The molecule has 0 bridgehead atoms. The van der Waals surface area contributed by atoms with Gasteiger partial charge in [0.25, 0.3) is 0 Å². The normalized spacial score (nSPS) is 33.7. The van der Waals surface area contributed by atoms with Crippen LogP contribution in [0.4, 0.5) is 0 Å². The van der Waals surface area contributed by atoms with Gasteiger partial charge >= 0.3 is 0 Å². The molecule has 3 rings (SSSR count). The highest BCUT2D eigenvalue weighted by molar-refractivity contribution is 5.79. The van der Waals surface area contributed by atoms with Gasteiger partial charge in [0.1, 0.15) is 0 Å². The molecule has 1 amide bonds. The van der Waals surface area contributed by atoms with Gasteiger partial charge in [0.15, 0.2) is 0 Å². The van der Waals surface area contributed by atoms with Crippen molar-refractivity contribution in [1.82, 2.24) is 4.90 Å². The monoisotopic (exact) mass is 292 g/mol. The number of nitrogens with zero attached hydrogens (tertiary/aromatic N) is 1. The molecule has 0 aromatic rings. The lowest BCUT2D eigenvalue weighted by molar-refractivity contribution is -0.140. The van der Waals surface area contributed by atoms with Crippen molar-refractivity contribution >= 4 is 5.91 Å². The maximum Gasteiger partial charge on any atom is 0.225 e. The molecule has 0 saturated heterocycles. The van der Waals surface area contributed by atoms with Crippen molar-refractivity contribution in [3.05, 3.63) is 0 Å². The van der Waals surface area contributed by atoms with Gasteiger partial charge in [0.2, 0.25) is 5.91 Å². The molecule has 21 heavy (non-hydrogen) atoms. The van der Waals surface area contributed by atoms with Crippen molar-refractivity contribution in [1.29, 1.82) is 0 Å². The average molecular weight is 292 g/mol. The highest BCUT2D eigenvalue weighted by Gasteiger charge is 2.38. The number of hydrogen-bond donors (Lipinski definition) is 1. The molecule has 0 aromatic carbocycles. The van der Waals surface area contributed by atoms with E-state index in [1.165, 1.54) is 57.8 Å².